The van der Waals surface area contributed by atoms with E-state index in [9.17, 15) is 9.90 Å². The third-order valence-corrected chi connectivity index (χ3v) is 5.26. The van der Waals surface area contributed by atoms with E-state index in [2.05, 4.69) is 4.90 Å². The lowest BCUT2D eigenvalue weighted by atomic mass is 9.99. The van der Waals surface area contributed by atoms with Crippen LogP contribution < -0.4 is 15.1 Å². The van der Waals surface area contributed by atoms with Gasteiger partial charge in [0.05, 0.1) is 5.56 Å². The van der Waals surface area contributed by atoms with Crippen LogP contribution in [0.25, 0.3) is 11.0 Å². The van der Waals surface area contributed by atoms with Crippen molar-refractivity contribution in [2.75, 3.05) is 20.3 Å². The Labute approximate surface area is 169 Å². The van der Waals surface area contributed by atoms with Crippen LogP contribution in [-0.2, 0) is 19.5 Å². The zero-order valence-corrected chi connectivity index (χ0v) is 16.9. The molecule has 29 heavy (non-hydrogen) atoms. The Morgan fingerprint density at radius 2 is 1.83 bits per heavy atom. The van der Waals surface area contributed by atoms with Crippen molar-refractivity contribution in [1.29, 1.82) is 0 Å². The lowest BCUT2D eigenvalue weighted by Crippen LogP contribution is -2.19. The van der Waals surface area contributed by atoms with Crippen LogP contribution in [0.1, 0.15) is 29.2 Å². The molecule has 2 heterocycles. The van der Waals surface area contributed by atoms with E-state index in [-0.39, 0.29) is 5.75 Å². The Hall–Kier alpha value is -2.99. The Balaban J connectivity index is 1.66. The highest BCUT2D eigenvalue weighted by atomic mass is 16.6. The Kier molecular flexibility index (Phi) is 5.20. The molecule has 1 aliphatic rings. The van der Waals surface area contributed by atoms with Gasteiger partial charge in [0.1, 0.15) is 24.5 Å². The number of fused-ring (bicyclic) bond motifs is 2. The smallest absolute Gasteiger partial charge is 0.336 e. The number of rotatable bonds is 5. The van der Waals surface area contributed by atoms with Gasteiger partial charge in [-0.2, -0.15) is 0 Å². The second-order valence-corrected chi connectivity index (χ2v) is 7.49. The summed E-state index contributed by atoms with van der Waals surface area (Å²) in [5, 5.41) is 11.7. The van der Waals surface area contributed by atoms with E-state index < -0.39 is 5.63 Å². The first-order chi connectivity index (χ1) is 14.0. The molecule has 0 unspecified atom stereocenters. The summed E-state index contributed by atoms with van der Waals surface area (Å²) in [5.74, 6) is 1.71. The van der Waals surface area contributed by atoms with Gasteiger partial charge in [0, 0.05) is 24.5 Å². The maximum absolute atomic E-state index is 11.9. The first-order valence-corrected chi connectivity index (χ1v) is 9.81. The summed E-state index contributed by atoms with van der Waals surface area (Å²) in [6.45, 7) is 6.09. The zero-order valence-electron chi connectivity index (χ0n) is 16.9. The highest BCUT2D eigenvalue weighted by molar-refractivity contribution is 5.86. The fourth-order valence-corrected chi connectivity index (χ4v) is 3.81. The number of hydrogen-bond acceptors (Lipinski definition) is 6. The van der Waals surface area contributed by atoms with Crippen LogP contribution in [0.4, 0.5) is 0 Å². The maximum Gasteiger partial charge on any atom is 0.336 e. The van der Waals surface area contributed by atoms with E-state index in [4.69, 9.17) is 13.9 Å². The normalized spacial score (nSPS) is 13.2. The van der Waals surface area contributed by atoms with Gasteiger partial charge in [-0.1, -0.05) is 13.0 Å². The van der Waals surface area contributed by atoms with E-state index in [1.165, 1.54) is 6.07 Å². The van der Waals surface area contributed by atoms with Gasteiger partial charge in [-0.05, 0) is 55.3 Å². The molecule has 0 saturated carbocycles. The summed E-state index contributed by atoms with van der Waals surface area (Å²) in [6.07, 6.45) is 0.694. The Morgan fingerprint density at radius 3 is 2.59 bits per heavy atom. The van der Waals surface area contributed by atoms with E-state index in [1.54, 1.807) is 0 Å². The summed E-state index contributed by atoms with van der Waals surface area (Å²) >= 11 is 0. The maximum atomic E-state index is 11.9. The molecule has 0 radical (unpaired) electrons. The number of ether oxygens (including phenoxy) is 2. The number of nitrogens with zero attached hydrogens (tertiary/aromatic N) is 1. The summed E-state index contributed by atoms with van der Waals surface area (Å²) < 4.78 is 16.7. The standard InChI is InChI=1S/C23H25NO5/c1-4-16-11-17-14(2)9-21(25)29-23(17)18(22(16)26)13-24(3)12-15-5-6-19-20(10-15)28-8-7-27-19/h5-6,9-11,26H,4,7-8,12-13H2,1-3H3. The first-order valence-electron chi connectivity index (χ1n) is 9.81. The topological polar surface area (TPSA) is 72.1 Å². The van der Waals surface area contributed by atoms with Crippen LogP contribution in [0.5, 0.6) is 17.2 Å². The van der Waals surface area contributed by atoms with Crippen LogP contribution >= 0.6 is 0 Å². The van der Waals surface area contributed by atoms with Crippen molar-refractivity contribution in [1.82, 2.24) is 4.90 Å². The number of aromatic hydroxyl groups is 1. The van der Waals surface area contributed by atoms with Crippen LogP contribution in [0.2, 0.25) is 0 Å². The molecular formula is C23H25NO5. The third-order valence-electron chi connectivity index (χ3n) is 5.26. The minimum atomic E-state index is -0.408. The average molecular weight is 395 g/mol. The second kappa shape index (κ2) is 7.79. The SMILES string of the molecule is CCc1cc2c(C)cc(=O)oc2c(CN(C)Cc2ccc3c(c2)OCCO3)c1O. The predicted octanol–water partition coefficient (Wildman–Crippen LogP) is 3.77. The lowest BCUT2D eigenvalue weighted by Gasteiger charge is -2.22. The molecule has 0 atom stereocenters. The molecule has 4 rings (SSSR count). The average Bonchev–Trinajstić information content (AvgIpc) is 2.70. The molecule has 0 amide bonds. The third kappa shape index (κ3) is 3.80. The molecular weight excluding hydrogens is 370 g/mol. The number of hydrogen-bond donors (Lipinski definition) is 1. The Morgan fingerprint density at radius 1 is 1.07 bits per heavy atom. The van der Waals surface area contributed by atoms with Gasteiger partial charge < -0.3 is 19.0 Å². The van der Waals surface area contributed by atoms with Crippen molar-refractivity contribution in [3.63, 3.8) is 0 Å². The fraction of sp³-hybridized carbons (Fsp3) is 0.348. The highest BCUT2D eigenvalue weighted by Gasteiger charge is 2.18. The lowest BCUT2D eigenvalue weighted by molar-refractivity contribution is 0.171. The van der Waals surface area contributed by atoms with Crippen LogP contribution in [0.15, 0.2) is 39.5 Å². The molecule has 6 nitrogen and oxygen atoms in total. The molecule has 0 spiro atoms. The number of phenols is 1. The second-order valence-electron chi connectivity index (χ2n) is 7.49. The summed E-state index contributed by atoms with van der Waals surface area (Å²) in [4.78, 5) is 14.0. The molecule has 1 N–H and O–H groups in total. The van der Waals surface area contributed by atoms with E-state index in [0.717, 1.165) is 33.6 Å². The van der Waals surface area contributed by atoms with E-state index in [0.29, 0.717) is 43.9 Å². The largest absolute Gasteiger partial charge is 0.507 e. The van der Waals surface area contributed by atoms with Crippen molar-refractivity contribution in [2.45, 2.75) is 33.4 Å². The molecule has 2 aromatic carbocycles. The van der Waals surface area contributed by atoms with Crippen LogP contribution in [0, 0.1) is 6.92 Å². The van der Waals surface area contributed by atoms with Crippen molar-refractivity contribution in [3.05, 3.63) is 63.0 Å². The molecule has 1 aromatic heterocycles. The molecule has 6 heteroatoms. The molecule has 0 saturated heterocycles. The van der Waals surface area contributed by atoms with Gasteiger partial charge >= 0.3 is 5.63 Å². The van der Waals surface area contributed by atoms with E-state index in [1.807, 2.05) is 45.2 Å². The summed E-state index contributed by atoms with van der Waals surface area (Å²) in [7, 11) is 1.97. The van der Waals surface area contributed by atoms with Gasteiger partial charge in [-0.15, -0.1) is 0 Å². The molecule has 0 aliphatic carbocycles. The van der Waals surface area contributed by atoms with Crippen molar-refractivity contribution >= 4 is 11.0 Å². The van der Waals surface area contributed by atoms with Crippen molar-refractivity contribution in [2.24, 2.45) is 0 Å². The van der Waals surface area contributed by atoms with Crippen LogP contribution in [-0.4, -0.2) is 30.3 Å². The molecule has 3 aromatic rings. The Bertz CT molecular complexity index is 1120. The minimum Gasteiger partial charge on any atom is -0.507 e. The quantitative estimate of drug-likeness (QED) is 0.663. The van der Waals surface area contributed by atoms with Gasteiger partial charge in [0.2, 0.25) is 0 Å². The zero-order chi connectivity index (χ0) is 20.5. The minimum absolute atomic E-state index is 0.197. The summed E-state index contributed by atoms with van der Waals surface area (Å²) in [6, 6.07) is 9.31. The van der Waals surface area contributed by atoms with Crippen LogP contribution in [0.3, 0.4) is 0 Å². The fourth-order valence-electron chi connectivity index (χ4n) is 3.81. The molecule has 0 fully saturated rings. The number of phenolic OH excluding ortho intramolecular Hbond substituents is 1. The summed E-state index contributed by atoms with van der Waals surface area (Å²) in [5.41, 5.74) is 3.46. The van der Waals surface area contributed by atoms with Gasteiger partial charge in [0.15, 0.2) is 11.5 Å². The van der Waals surface area contributed by atoms with Gasteiger partial charge in [0.25, 0.3) is 0 Å². The number of benzene rings is 2. The molecule has 0 bridgehead atoms. The first kappa shape index (κ1) is 19.3. The molecule has 152 valence electrons. The van der Waals surface area contributed by atoms with Crippen molar-refractivity contribution < 1.29 is 19.0 Å². The highest BCUT2D eigenvalue weighted by Crippen LogP contribution is 2.34. The molecule has 1 aliphatic heterocycles. The van der Waals surface area contributed by atoms with Crippen molar-refractivity contribution in [3.8, 4) is 17.2 Å². The monoisotopic (exact) mass is 395 g/mol. The van der Waals surface area contributed by atoms with E-state index >= 15 is 0 Å². The van der Waals surface area contributed by atoms with Gasteiger partial charge in [-0.3, -0.25) is 4.90 Å². The number of aryl methyl sites for hydroxylation is 2. The van der Waals surface area contributed by atoms with Gasteiger partial charge in [-0.25, -0.2) is 4.79 Å². The predicted molar refractivity (Wildman–Crippen MR) is 111 cm³/mol.